The average molecular weight is 270 g/mol. The molecule has 0 bridgehead atoms. The molecule has 0 aliphatic rings. The number of hydrogen-bond donors (Lipinski definition) is 3. The second-order valence-electron chi connectivity index (χ2n) is 3.23. The van der Waals surface area contributed by atoms with E-state index < -0.39 is 5.97 Å². The number of phenolic OH excluding ortho intramolecular Hbond substituents is 1. The number of carboxylic acids is 1. The highest BCUT2D eigenvalue weighted by Crippen LogP contribution is 2.31. The molecule has 0 amide bonds. The summed E-state index contributed by atoms with van der Waals surface area (Å²) in [7, 11) is 0. The Balaban J connectivity index is 2.63. The molecule has 0 fully saturated rings. The lowest BCUT2D eigenvalue weighted by Gasteiger charge is -1.99. The number of halogens is 1. The van der Waals surface area contributed by atoms with Gasteiger partial charge in [0.05, 0.1) is 11.9 Å². The summed E-state index contributed by atoms with van der Waals surface area (Å²) in [6, 6.07) is 3.34. The fourth-order valence-corrected chi connectivity index (χ4v) is 2.03. The molecule has 1 heterocycles. The minimum Gasteiger partial charge on any atom is -0.507 e. The molecular formula is C10H8BrNO3. The van der Waals surface area contributed by atoms with E-state index in [4.69, 9.17) is 5.11 Å². The Morgan fingerprint density at radius 1 is 1.47 bits per heavy atom. The Bertz CT molecular complexity index is 533. The first kappa shape index (κ1) is 10.0. The molecule has 15 heavy (non-hydrogen) atoms. The lowest BCUT2D eigenvalue weighted by molar-refractivity contribution is -0.136. The lowest BCUT2D eigenvalue weighted by Crippen LogP contribution is -1.98. The number of carbonyl (C=O) groups is 1. The van der Waals surface area contributed by atoms with Crippen LogP contribution < -0.4 is 0 Å². The first-order chi connectivity index (χ1) is 7.08. The molecule has 0 aliphatic heterocycles. The molecule has 4 nitrogen and oxygen atoms in total. The van der Waals surface area contributed by atoms with Crippen molar-refractivity contribution in [2.45, 2.75) is 6.42 Å². The van der Waals surface area contributed by atoms with Gasteiger partial charge in [-0.05, 0) is 17.7 Å². The number of phenols is 1. The fourth-order valence-electron chi connectivity index (χ4n) is 1.58. The van der Waals surface area contributed by atoms with Crippen molar-refractivity contribution in [1.82, 2.24) is 4.98 Å². The zero-order chi connectivity index (χ0) is 11.0. The van der Waals surface area contributed by atoms with Crippen molar-refractivity contribution in [3.8, 4) is 5.75 Å². The predicted octanol–water partition coefficient (Wildman–Crippen LogP) is 2.26. The Kier molecular flexibility index (Phi) is 2.40. The van der Waals surface area contributed by atoms with Crippen molar-refractivity contribution < 1.29 is 15.0 Å². The summed E-state index contributed by atoms with van der Waals surface area (Å²) in [5, 5.41) is 18.9. The van der Waals surface area contributed by atoms with Crippen molar-refractivity contribution in [1.29, 1.82) is 0 Å². The first-order valence-corrected chi connectivity index (χ1v) is 5.07. The molecule has 2 aromatic rings. The monoisotopic (exact) mass is 269 g/mol. The van der Waals surface area contributed by atoms with E-state index in [-0.39, 0.29) is 12.2 Å². The maximum Gasteiger partial charge on any atom is 0.307 e. The van der Waals surface area contributed by atoms with Gasteiger partial charge in [0, 0.05) is 16.1 Å². The fraction of sp³-hybridized carbons (Fsp3) is 0.100. The van der Waals surface area contributed by atoms with Crippen LogP contribution in [0.3, 0.4) is 0 Å². The van der Waals surface area contributed by atoms with Crippen LogP contribution in [0.15, 0.2) is 22.8 Å². The largest absolute Gasteiger partial charge is 0.507 e. The highest BCUT2D eigenvalue weighted by atomic mass is 79.9. The van der Waals surface area contributed by atoms with Crippen molar-refractivity contribution in [2.24, 2.45) is 0 Å². The second-order valence-corrected chi connectivity index (χ2v) is 4.15. The molecule has 1 aromatic carbocycles. The van der Waals surface area contributed by atoms with Gasteiger partial charge in [-0.15, -0.1) is 0 Å². The zero-order valence-corrected chi connectivity index (χ0v) is 9.21. The van der Waals surface area contributed by atoms with Gasteiger partial charge in [-0.3, -0.25) is 4.79 Å². The lowest BCUT2D eigenvalue weighted by atomic mass is 10.1. The Hall–Kier alpha value is -1.49. The van der Waals surface area contributed by atoms with Crippen LogP contribution >= 0.6 is 15.9 Å². The third kappa shape index (κ3) is 1.83. The summed E-state index contributed by atoms with van der Waals surface area (Å²) in [6.45, 7) is 0. The number of H-pyrrole nitrogens is 1. The van der Waals surface area contributed by atoms with Crippen molar-refractivity contribution >= 4 is 32.8 Å². The summed E-state index contributed by atoms with van der Waals surface area (Å²) < 4.78 is 0.747. The molecule has 0 saturated heterocycles. The zero-order valence-electron chi connectivity index (χ0n) is 7.62. The molecule has 0 atom stereocenters. The minimum atomic E-state index is -0.918. The SMILES string of the molecule is O=C(O)Cc1c[nH]c2cc(Br)cc(O)c12. The summed E-state index contributed by atoms with van der Waals surface area (Å²) >= 11 is 3.25. The third-order valence-corrected chi connectivity index (χ3v) is 2.60. The number of aliphatic carboxylic acids is 1. The minimum absolute atomic E-state index is 0.0804. The number of aromatic nitrogens is 1. The Morgan fingerprint density at radius 3 is 2.87 bits per heavy atom. The normalized spacial score (nSPS) is 10.7. The highest BCUT2D eigenvalue weighted by molar-refractivity contribution is 9.10. The molecule has 78 valence electrons. The van der Waals surface area contributed by atoms with Gasteiger partial charge in [0.2, 0.25) is 0 Å². The van der Waals surface area contributed by atoms with Crippen LogP contribution in [0.5, 0.6) is 5.75 Å². The Morgan fingerprint density at radius 2 is 2.20 bits per heavy atom. The van der Waals surface area contributed by atoms with E-state index in [0.717, 1.165) is 9.99 Å². The van der Waals surface area contributed by atoms with Crippen molar-refractivity contribution in [3.05, 3.63) is 28.4 Å². The molecule has 0 spiro atoms. The summed E-state index contributed by atoms with van der Waals surface area (Å²) in [6.07, 6.45) is 1.50. The summed E-state index contributed by atoms with van der Waals surface area (Å²) in [5.74, 6) is -0.838. The standard InChI is InChI=1S/C10H8BrNO3/c11-6-2-7-10(8(13)3-6)5(4-12-7)1-9(14)15/h2-4,12-13H,1H2,(H,14,15). The van der Waals surface area contributed by atoms with E-state index in [9.17, 15) is 9.90 Å². The number of benzene rings is 1. The predicted molar refractivity (Wildman–Crippen MR) is 59.0 cm³/mol. The highest BCUT2D eigenvalue weighted by Gasteiger charge is 2.11. The number of fused-ring (bicyclic) bond motifs is 1. The number of aromatic hydroxyl groups is 1. The third-order valence-electron chi connectivity index (χ3n) is 2.15. The van der Waals surface area contributed by atoms with Crippen LogP contribution in [-0.4, -0.2) is 21.2 Å². The second kappa shape index (κ2) is 3.58. The average Bonchev–Trinajstić information content (AvgIpc) is 2.46. The Labute approximate surface area is 93.7 Å². The van der Waals surface area contributed by atoms with Crippen LogP contribution in [-0.2, 0) is 11.2 Å². The molecule has 0 aliphatic carbocycles. The molecule has 5 heteroatoms. The maximum absolute atomic E-state index is 10.6. The van der Waals surface area contributed by atoms with Gasteiger partial charge in [0.1, 0.15) is 5.75 Å². The van der Waals surface area contributed by atoms with Gasteiger partial charge in [-0.25, -0.2) is 0 Å². The number of nitrogens with one attached hydrogen (secondary N) is 1. The van der Waals surface area contributed by atoms with Gasteiger partial charge in [-0.2, -0.15) is 0 Å². The van der Waals surface area contributed by atoms with Gasteiger partial charge in [0.25, 0.3) is 0 Å². The van der Waals surface area contributed by atoms with Crippen molar-refractivity contribution in [3.63, 3.8) is 0 Å². The van der Waals surface area contributed by atoms with Crippen molar-refractivity contribution in [2.75, 3.05) is 0 Å². The van der Waals surface area contributed by atoms with E-state index in [2.05, 4.69) is 20.9 Å². The van der Waals surface area contributed by atoms with Crippen LogP contribution in [0.2, 0.25) is 0 Å². The summed E-state index contributed by atoms with van der Waals surface area (Å²) in [5.41, 5.74) is 1.31. The van der Waals surface area contributed by atoms with Gasteiger partial charge >= 0.3 is 5.97 Å². The first-order valence-electron chi connectivity index (χ1n) is 4.28. The molecule has 1 aromatic heterocycles. The molecule has 0 saturated carbocycles. The van der Waals surface area contributed by atoms with E-state index in [0.29, 0.717) is 10.9 Å². The van der Waals surface area contributed by atoms with Gasteiger partial charge < -0.3 is 15.2 Å². The number of hydrogen-bond acceptors (Lipinski definition) is 2. The molecule has 0 radical (unpaired) electrons. The van der Waals surface area contributed by atoms with Crippen LogP contribution in [0, 0.1) is 0 Å². The van der Waals surface area contributed by atoms with Gasteiger partial charge in [0.15, 0.2) is 0 Å². The van der Waals surface area contributed by atoms with E-state index in [1.165, 1.54) is 0 Å². The quantitative estimate of drug-likeness (QED) is 0.783. The van der Waals surface area contributed by atoms with Crippen LogP contribution in [0.1, 0.15) is 5.56 Å². The number of rotatable bonds is 2. The van der Waals surface area contributed by atoms with E-state index in [1.807, 2.05) is 0 Å². The molecule has 0 unspecified atom stereocenters. The molecule has 3 N–H and O–H groups in total. The molecular weight excluding hydrogens is 262 g/mol. The van der Waals surface area contributed by atoms with Crippen LogP contribution in [0.4, 0.5) is 0 Å². The number of aromatic amines is 1. The summed E-state index contributed by atoms with van der Waals surface area (Å²) in [4.78, 5) is 13.5. The topological polar surface area (TPSA) is 73.3 Å². The van der Waals surface area contributed by atoms with Crippen LogP contribution in [0.25, 0.3) is 10.9 Å². The van der Waals surface area contributed by atoms with E-state index >= 15 is 0 Å². The number of carboxylic acid groups (broad SMARTS) is 1. The van der Waals surface area contributed by atoms with Gasteiger partial charge in [-0.1, -0.05) is 15.9 Å². The maximum atomic E-state index is 10.6. The van der Waals surface area contributed by atoms with E-state index in [1.54, 1.807) is 18.3 Å². The smallest absolute Gasteiger partial charge is 0.307 e. The molecule has 2 rings (SSSR count).